The van der Waals surface area contributed by atoms with E-state index in [1.807, 2.05) is 32.0 Å². The fourth-order valence-corrected chi connectivity index (χ4v) is 2.76. The van der Waals surface area contributed by atoms with E-state index in [2.05, 4.69) is 10.3 Å². The summed E-state index contributed by atoms with van der Waals surface area (Å²) < 4.78 is 5.20. The van der Waals surface area contributed by atoms with Crippen LogP contribution in [0, 0.1) is 24.0 Å². The summed E-state index contributed by atoms with van der Waals surface area (Å²) in [6.45, 7) is 3.74. The van der Waals surface area contributed by atoms with E-state index < -0.39 is 4.92 Å². The third-order valence-corrected chi connectivity index (χ3v) is 3.98. The van der Waals surface area contributed by atoms with Crippen LogP contribution in [-0.4, -0.2) is 22.9 Å². The van der Waals surface area contributed by atoms with Crippen molar-refractivity contribution in [2.24, 2.45) is 0 Å². The average molecular weight is 351 g/mol. The van der Waals surface area contributed by atoms with Crippen LogP contribution in [0.15, 0.2) is 42.5 Å². The molecule has 26 heavy (non-hydrogen) atoms. The number of nitro benzene ring substituents is 1. The van der Waals surface area contributed by atoms with Gasteiger partial charge in [0.25, 0.3) is 11.6 Å². The molecule has 0 bridgehead atoms. The van der Waals surface area contributed by atoms with Crippen LogP contribution in [-0.2, 0) is 0 Å². The Labute approximate surface area is 149 Å². The van der Waals surface area contributed by atoms with E-state index in [0.717, 1.165) is 10.9 Å². The minimum absolute atomic E-state index is 0.132. The molecular weight excluding hydrogens is 334 g/mol. The Bertz CT molecular complexity index is 1030. The highest BCUT2D eigenvalue weighted by molar-refractivity contribution is 6.13. The number of aromatic nitrogens is 1. The largest absolute Gasteiger partial charge is 0.495 e. The quantitative estimate of drug-likeness (QED) is 0.566. The van der Waals surface area contributed by atoms with Crippen LogP contribution in [0.5, 0.6) is 5.75 Å². The Balaban J connectivity index is 2.06. The lowest BCUT2D eigenvalue weighted by Crippen LogP contribution is -2.14. The normalized spacial score (nSPS) is 10.6. The van der Waals surface area contributed by atoms with Crippen molar-refractivity contribution in [3.05, 3.63) is 69.4 Å². The third-order valence-electron chi connectivity index (χ3n) is 3.98. The molecule has 7 nitrogen and oxygen atoms in total. The number of methoxy groups -OCH3 is 1. The molecule has 0 aliphatic heterocycles. The number of aryl methyl sites for hydroxylation is 2. The standard InChI is InChI=1S/C19H17N3O4/c1-11-4-6-16-14(8-11)15(9-12(2)20-16)19(23)21-17-10-13(22(24)25)5-7-18(17)26-3/h4-10H,1-3H3,(H,21,23). The Morgan fingerprint density at radius 1 is 1.15 bits per heavy atom. The molecule has 3 rings (SSSR count). The highest BCUT2D eigenvalue weighted by Gasteiger charge is 2.17. The van der Waals surface area contributed by atoms with Crippen LogP contribution in [0.4, 0.5) is 11.4 Å². The molecule has 3 aromatic rings. The number of carbonyl (C=O) groups is 1. The lowest BCUT2D eigenvalue weighted by molar-refractivity contribution is -0.384. The number of carbonyl (C=O) groups excluding carboxylic acids is 1. The molecule has 0 atom stereocenters. The van der Waals surface area contributed by atoms with Gasteiger partial charge >= 0.3 is 0 Å². The maximum absolute atomic E-state index is 12.9. The maximum atomic E-state index is 12.9. The first-order chi connectivity index (χ1) is 12.4. The summed E-state index contributed by atoms with van der Waals surface area (Å²) in [7, 11) is 1.44. The predicted molar refractivity (Wildman–Crippen MR) is 98.8 cm³/mol. The fraction of sp³-hybridized carbons (Fsp3) is 0.158. The second kappa shape index (κ2) is 6.79. The molecule has 1 heterocycles. The maximum Gasteiger partial charge on any atom is 0.271 e. The van der Waals surface area contributed by atoms with Crippen molar-refractivity contribution in [2.45, 2.75) is 13.8 Å². The van der Waals surface area contributed by atoms with Crippen LogP contribution in [0.3, 0.4) is 0 Å². The van der Waals surface area contributed by atoms with Gasteiger partial charge in [-0.15, -0.1) is 0 Å². The Kier molecular flexibility index (Phi) is 4.53. The van der Waals surface area contributed by atoms with E-state index in [1.54, 1.807) is 6.07 Å². The molecule has 0 aliphatic rings. The van der Waals surface area contributed by atoms with E-state index in [9.17, 15) is 14.9 Å². The van der Waals surface area contributed by atoms with Crippen molar-refractivity contribution in [3.63, 3.8) is 0 Å². The number of nitrogens with zero attached hydrogens (tertiary/aromatic N) is 2. The van der Waals surface area contributed by atoms with Crippen molar-refractivity contribution >= 4 is 28.2 Å². The topological polar surface area (TPSA) is 94.4 Å². The van der Waals surface area contributed by atoms with Gasteiger partial charge in [0.2, 0.25) is 0 Å². The van der Waals surface area contributed by atoms with Crippen molar-refractivity contribution in [2.75, 3.05) is 12.4 Å². The number of hydrogen-bond acceptors (Lipinski definition) is 5. The molecule has 0 spiro atoms. The summed E-state index contributed by atoms with van der Waals surface area (Å²) in [5, 5.41) is 14.4. The van der Waals surface area contributed by atoms with Gasteiger partial charge in [-0.05, 0) is 38.1 Å². The van der Waals surface area contributed by atoms with Crippen LogP contribution in [0.1, 0.15) is 21.6 Å². The number of rotatable bonds is 4. The number of amides is 1. The molecule has 0 saturated carbocycles. The number of benzene rings is 2. The first-order valence-corrected chi connectivity index (χ1v) is 7.91. The molecule has 1 amide bonds. The number of hydrogen-bond donors (Lipinski definition) is 1. The van der Waals surface area contributed by atoms with E-state index >= 15 is 0 Å². The van der Waals surface area contributed by atoms with Crippen molar-refractivity contribution in [1.29, 1.82) is 0 Å². The Morgan fingerprint density at radius 3 is 2.62 bits per heavy atom. The molecule has 7 heteroatoms. The third kappa shape index (κ3) is 3.32. The van der Waals surface area contributed by atoms with Crippen LogP contribution >= 0.6 is 0 Å². The van der Waals surface area contributed by atoms with Gasteiger partial charge in [-0.1, -0.05) is 11.6 Å². The molecule has 0 fully saturated rings. The second-order valence-corrected chi connectivity index (χ2v) is 5.93. The minimum atomic E-state index is -0.523. The second-order valence-electron chi connectivity index (χ2n) is 5.93. The van der Waals surface area contributed by atoms with Gasteiger partial charge in [0, 0.05) is 23.2 Å². The molecule has 0 unspecified atom stereocenters. The average Bonchev–Trinajstić information content (AvgIpc) is 2.61. The van der Waals surface area contributed by atoms with Gasteiger partial charge in [-0.25, -0.2) is 0 Å². The molecule has 1 N–H and O–H groups in total. The van der Waals surface area contributed by atoms with E-state index in [-0.39, 0.29) is 17.3 Å². The van der Waals surface area contributed by atoms with Crippen molar-refractivity contribution in [3.8, 4) is 5.75 Å². The smallest absolute Gasteiger partial charge is 0.271 e. The number of non-ortho nitro benzene ring substituents is 1. The zero-order valence-corrected chi connectivity index (χ0v) is 14.6. The van der Waals surface area contributed by atoms with Crippen LogP contribution < -0.4 is 10.1 Å². The van der Waals surface area contributed by atoms with Gasteiger partial charge in [-0.2, -0.15) is 0 Å². The van der Waals surface area contributed by atoms with Gasteiger partial charge in [0.15, 0.2) is 0 Å². The van der Waals surface area contributed by atoms with Crippen LogP contribution in [0.2, 0.25) is 0 Å². The summed E-state index contributed by atoms with van der Waals surface area (Å²) in [4.78, 5) is 27.8. The van der Waals surface area contributed by atoms with Crippen molar-refractivity contribution < 1.29 is 14.5 Å². The van der Waals surface area contributed by atoms with Gasteiger partial charge < -0.3 is 10.1 Å². The first-order valence-electron chi connectivity index (χ1n) is 7.91. The molecule has 2 aromatic carbocycles. The highest BCUT2D eigenvalue weighted by atomic mass is 16.6. The van der Waals surface area contributed by atoms with Crippen molar-refractivity contribution in [1.82, 2.24) is 4.98 Å². The van der Waals surface area contributed by atoms with E-state index in [1.165, 1.54) is 25.3 Å². The van der Waals surface area contributed by atoms with Crippen LogP contribution in [0.25, 0.3) is 10.9 Å². The summed E-state index contributed by atoms with van der Waals surface area (Å²) in [6, 6.07) is 11.4. The minimum Gasteiger partial charge on any atom is -0.495 e. The van der Waals surface area contributed by atoms with Gasteiger partial charge in [-0.3, -0.25) is 19.9 Å². The monoisotopic (exact) mass is 351 g/mol. The molecule has 0 radical (unpaired) electrons. The lowest BCUT2D eigenvalue weighted by atomic mass is 10.0. The zero-order chi connectivity index (χ0) is 18.8. The number of pyridine rings is 1. The number of nitrogens with one attached hydrogen (secondary N) is 1. The summed E-state index contributed by atoms with van der Waals surface area (Å²) in [6.07, 6.45) is 0. The SMILES string of the molecule is COc1ccc([N+](=O)[O-])cc1NC(=O)c1cc(C)nc2ccc(C)cc12. The molecule has 132 valence electrons. The number of fused-ring (bicyclic) bond motifs is 1. The van der Waals surface area contributed by atoms with E-state index in [0.29, 0.717) is 22.5 Å². The summed E-state index contributed by atoms with van der Waals surface area (Å²) >= 11 is 0. The van der Waals surface area contributed by atoms with E-state index in [4.69, 9.17) is 4.74 Å². The Morgan fingerprint density at radius 2 is 1.92 bits per heavy atom. The lowest BCUT2D eigenvalue weighted by Gasteiger charge is -2.12. The van der Waals surface area contributed by atoms with Gasteiger partial charge in [0.05, 0.1) is 28.8 Å². The number of nitro groups is 1. The molecule has 1 aromatic heterocycles. The predicted octanol–water partition coefficient (Wildman–Crippen LogP) is 4.02. The summed E-state index contributed by atoms with van der Waals surface area (Å²) in [5.41, 5.74) is 2.98. The molecular formula is C19H17N3O4. The first kappa shape index (κ1) is 17.3. The molecule has 0 aliphatic carbocycles. The number of ether oxygens (including phenoxy) is 1. The zero-order valence-electron chi connectivity index (χ0n) is 14.6. The fourth-order valence-electron chi connectivity index (χ4n) is 2.76. The number of anilines is 1. The molecule has 0 saturated heterocycles. The van der Waals surface area contributed by atoms with Gasteiger partial charge in [0.1, 0.15) is 5.75 Å². The Hall–Kier alpha value is -3.48. The highest BCUT2D eigenvalue weighted by Crippen LogP contribution is 2.30. The summed E-state index contributed by atoms with van der Waals surface area (Å²) in [5.74, 6) is -0.0416.